The van der Waals surface area contributed by atoms with E-state index in [2.05, 4.69) is 17.2 Å². The third-order valence-corrected chi connectivity index (χ3v) is 3.91. The number of hydrogen-bond donors (Lipinski definition) is 2. The molecule has 5 nitrogen and oxygen atoms in total. The molecule has 1 aliphatic rings. The number of amides is 1. The summed E-state index contributed by atoms with van der Waals surface area (Å²) in [6.07, 6.45) is 4.42. The summed E-state index contributed by atoms with van der Waals surface area (Å²) in [7, 11) is 0. The molecule has 1 saturated carbocycles. The van der Waals surface area contributed by atoms with E-state index in [1.165, 1.54) is 12.3 Å². The SMILES string of the molecule is CC1CCC(NC(=O)c2ccncc2F)(C(=O)O)CC1. The predicted molar refractivity (Wildman–Crippen MR) is 69.7 cm³/mol. The Kier molecular flexibility index (Phi) is 4.01. The zero-order valence-electron chi connectivity index (χ0n) is 11.2. The van der Waals surface area contributed by atoms with Crippen LogP contribution in [-0.2, 0) is 4.79 Å². The van der Waals surface area contributed by atoms with E-state index < -0.39 is 23.2 Å². The Morgan fingerprint density at radius 2 is 2.10 bits per heavy atom. The van der Waals surface area contributed by atoms with Gasteiger partial charge in [-0.25, -0.2) is 9.18 Å². The maximum Gasteiger partial charge on any atom is 0.329 e. The van der Waals surface area contributed by atoms with Crippen LogP contribution in [0.4, 0.5) is 4.39 Å². The van der Waals surface area contributed by atoms with Crippen LogP contribution in [0.1, 0.15) is 43.0 Å². The summed E-state index contributed by atoms with van der Waals surface area (Å²) in [5.74, 6) is -2.08. The van der Waals surface area contributed by atoms with Crippen LogP contribution < -0.4 is 5.32 Å². The van der Waals surface area contributed by atoms with Crippen LogP contribution in [0.3, 0.4) is 0 Å². The highest BCUT2D eigenvalue weighted by atomic mass is 19.1. The molecule has 0 unspecified atom stereocenters. The summed E-state index contributed by atoms with van der Waals surface area (Å²) < 4.78 is 13.5. The maximum atomic E-state index is 13.5. The topological polar surface area (TPSA) is 79.3 Å². The molecule has 1 amide bonds. The van der Waals surface area contributed by atoms with Crippen molar-refractivity contribution in [2.75, 3.05) is 0 Å². The fourth-order valence-corrected chi connectivity index (χ4v) is 2.49. The molecule has 0 aliphatic heterocycles. The van der Waals surface area contributed by atoms with Gasteiger partial charge in [0.2, 0.25) is 0 Å². The molecule has 2 rings (SSSR count). The number of carboxylic acids is 1. The average molecular weight is 280 g/mol. The molecule has 1 aromatic heterocycles. The Bertz CT molecular complexity index is 525. The van der Waals surface area contributed by atoms with Gasteiger partial charge in [-0.1, -0.05) is 6.92 Å². The largest absolute Gasteiger partial charge is 0.480 e. The van der Waals surface area contributed by atoms with Crippen LogP contribution in [0.2, 0.25) is 0 Å². The first kappa shape index (κ1) is 14.4. The van der Waals surface area contributed by atoms with Crippen molar-refractivity contribution in [1.29, 1.82) is 0 Å². The van der Waals surface area contributed by atoms with Crippen LogP contribution in [0, 0.1) is 11.7 Å². The molecule has 0 radical (unpaired) electrons. The van der Waals surface area contributed by atoms with E-state index in [0.717, 1.165) is 19.0 Å². The number of aliphatic carboxylic acids is 1. The lowest BCUT2D eigenvalue weighted by atomic mass is 9.77. The molecule has 2 N–H and O–H groups in total. The summed E-state index contributed by atoms with van der Waals surface area (Å²) in [4.78, 5) is 27.2. The summed E-state index contributed by atoms with van der Waals surface area (Å²) in [5, 5.41) is 11.9. The Labute approximate surface area is 116 Å². The quantitative estimate of drug-likeness (QED) is 0.887. The van der Waals surface area contributed by atoms with Crippen LogP contribution in [0.25, 0.3) is 0 Å². The monoisotopic (exact) mass is 280 g/mol. The van der Waals surface area contributed by atoms with E-state index in [1.807, 2.05) is 0 Å². The highest BCUT2D eigenvalue weighted by Crippen LogP contribution is 2.32. The minimum Gasteiger partial charge on any atom is -0.480 e. The Morgan fingerprint density at radius 1 is 1.45 bits per heavy atom. The van der Waals surface area contributed by atoms with Gasteiger partial charge < -0.3 is 10.4 Å². The van der Waals surface area contributed by atoms with Gasteiger partial charge in [0.1, 0.15) is 5.54 Å². The van der Waals surface area contributed by atoms with Gasteiger partial charge in [-0.05, 0) is 37.7 Å². The van der Waals surface area contributed by atoms with E-state index >= 15 is 0 Å². The highest BCUT2D eigenvalue weighted by molar-refractivity contribution is 5.98. The average Bonchev–Trinajstić information content (AvgIpc) is 2.41. The van der Waals surface area contributed by atoms with Crippen molar-refractivity contribution in [2.45, 2.75) is 38.1 Å². The molecule has 0 bridgehead atoms. The molecule has 6 heteroatoms. The predicted octanol–water partition coefficient (Wildman–Crippen LogP) is 1.98. The van der Waals surface area contributed by atoms with Gasteiger partial charge in [0.05, 0.1) is 11.8 Å². The van der Waals surface area contributed by atoms with Gasteiger partial charge in [0.25, 0.3) is 5.91 Å². The van der Waals surface area contributed by atoms with Gasteiger partial charge in [-0.15, -0.1) is 0 Å². The Hall–Kier alpha value is -1.98. The molecular formula is C14H17FN2O3. The van der Waals surface area contributed by atoms with Gasteiger partial charge in [0, 0.05) is 6.20 Å². The zero-order valence-corrected chi connectivity index (χ0v) is 11.2. The molecule has 0 spiro atoms. The second kappa shape index (κ2) is 5.56. The van der Waals surface area contributed by atoms with Crippen molar-refractivity contribution in [1.82, 2.24) is 10.3 Å². The number of nitrogens with zero attached hydrogens (tertiary/aromatic N) is 1. The number of hydrogen-bond acceptors (Lipinski definition) is 3. The molecule has 1 aromatic rings. The summed E-state index contributed by atoms with van der Waals surface area (Å²) in [6.45, 7) is 2.05. The number of nitrogens with one attached hydrogen (secondary N) is 1. The second-order valence-electron chi connectivity index (χ2n) is 5.38. The Balaban J connectivity index is 2.19. The van der Waals surface area contributed by atoms with E-state index in [1.54, 1.807) is 0 Å². The van der Waals surface area contributed by atoms with E-state index in [0.29, 0.717) is 18.8 Å². The molecule has 0 aromatic carbocycles. The van der Waals surface area contributed by atoms with Gasteiger partial charge >= 0.3 is 5.97 Å². The molecule has 0 atom stereocenters. The maximum absolute atomic E-state index is 13.5. The van der Waals surface area contributed by atoms with E-state index in [9.17, 15) is 19.1 Å². The first-order valence-electron chi connectivity index (χ1n) is 6.60. The Morgan fingerprint density at radius 3 is 2.65 bits per heavy atom. The van der Waals surface area contributed by atoms with Crippen molar-refractivity contribution in [3.8, 4) is 0 Å². The number of carbonyl (C=O) groups excluding carboxylic acids is 1. The minimum absolute atomic E-state index is 0.181. The normalized spacial score (nSPS) is 26.0. The van der Waals surface area contributed by atoms with Crippen molar-refractivity contribution in [2.24, 2.45) is 5.92 Å². The number of carboxylic acid groups (broad SMARTS) is 1. The van der Waals surface area contributed by atoms with Crippen LogP contribution in [0.5, 0.6) is 0 Å². The van der Waals surface area contributed by atoms with Crippen molar-refractivity contribution in [3.63, 3.8) is 0 Å². The second-order valence-corrected chi connectivity index (χ2v) is 5.38. The lowest BCUT2D eigenvalue weighted by Gasteiger charge is -2.36. The van der Waals surface area contributed by atoms with E-state index in [-0.39, 0.29) is 5.56 Å². The summed E-state index contributed by atoms with van der Waals surface area (Å²) >= 11 is 0. The smallest absolute Gasteiger partial charge is 0.329 e. The molecule has 20 heavy (non-hydrogen) atoms. The summed E-state index contributed by atoms with van der Waals surface area (Å²) in [5.41, 5.74) is -1.47. The molecular weight excluding hydrogens is 263 g/mol. The van der Waals surface area contributed by atoms with Crippen LogP contribution in [0.15, 0.2) is 18.5 Å². The lowest BCUT2D eigenvalue weighted by molar-refractivity contribution is -0.146. The van der Waals surface area contributed by atoms with Gasteiger partial charge in [-0.3, -0.25) is 9.78 Å². The van der Waals surface area contributed by atoms with Crippen LogP contribution in [-0.4, -0.2) is 27.5 Å². The molecule has 1 aliphatic carbocycles. The number of pyridine rings is 1. The van der Waals surface area contributed by atoms with Gasteiger partial charge in [-0.2, -0.15) is 0 Å². The van der Waals surface area contributed by atoms with Crippen molar-refractivity contribution >= 4 is 11.9 Å². The van der Waals surface area contributed by atoms with Crippen molar-refractivity contribution in [3.05, 3.63) is 29.8 Å². The zero-order chi connectivity index (χ0) is 14.8. The lowest BCUT2D eigenvalue weighted by Crippen LogP contribution is -2.56. The highest BCUT2D eigenvalue weighted by Gasteiger charge is 2.42. The van der Waals surface area contributed by atoms with E-state index in [4.69, 9.17) is 0 Å². The molecule has 0 saturated heterocycles. The number of rotatable bonds is 3. The molecule has 1 fully saturated rings. The fraction of sp³-hybridized carbons (Fsp3) is 0.500. The summed E-state index contributed by atoms with van der Waals surface area (Å²) in [6, 6.07) is 1.24. The number of carbonyl (C=O) groups is 2. The first-order chi connectivity index (χ1) is 9.44. The fourth-order valence-electron chi connectivity index (χ4n) is 2.49. The van der Waals surface area contributed by atoms with Crippen LogP contribution >= 0.6 is 0 Å². The van der Waals surface area contributed by atoms with Gasteiger partial charge in [0.15, 0.2) is 5.82 Å². The standard InChI is InChI=1S/C14H17FN2O3/c1-9-2-5-14(6-3-9,13(19)20)17-12(18)10-4-7-16-8-11(10)15/h4,7-9H,2-3,5-6H2,1H3,(H,17,18)(H,19,20). The van der Waals surface area contributed by atoms with Crippen molar-refractivity contribution < 1.29 is 19.1 Å². The first-order valence-corrected chi connectivity index (χ1v) is 6.60. The minimum atomic E-state index is -1.29. The number of aromatic nitrogens is 1. The third kappa shape index (κ3) is 2.79. The number of halogens is 1. The molecule has 1 heterocycles. The third-order valence-electron chi connectivity index (χ3n) is 3.91. The molecule has 108 valence electrons.